The molecule has 2 rings (SSSR count). The van der Waals surface area contributed by atoms with E-state index in [9.17, 15) is 8.78 Å². The largest absolute Gasteiger partial charge is 0.314 e. The van der Waals surface area contributed by atoms with Gasteiger partial charge in [-0.1, -0.05) is 32.0 Å². The Morgan fingerprint density at radius 3 is 2.76 bits per heavy atom. The summed E-state index contributed by atoms with van der Waals surface area (Å²) in [6, 6.07) is 7.61. The molecule has 118 valence electrons. The highest BCUT2D eigenvalue weighted by molar-refractivity contribution is 5.28. The van der Waals surface area contributed by atoms with E-state index in [1.807, 2.05) is 6.07 Å². The predicted molar refractivity (Wildman–Crippen MR) is 82.6 cm³/mol. The van der Waals surface area contributed by atoms with Crippen LogP contribution in [0.3, 0.4) is 0 Å². The van der Waals surface area contributed by atoms with Gasteiger partial charge in [0.05, 0.1) is 0 Å². The number of nitrogens with one attached hydrogen (secondary N) is 1. The smallest absolute Gasteiger partial charge is 0.263 e. The Labute approximate surface area is 126 Å². The van der Waals surface area contributed by atoms with Crippen molar-refractivity contribution in [1.29, 1.82) is 0 Å². The van der Waals surface area contributed by atoms with Crippen molar-refractivity contribution in [2.24, 2.45) is 5.92 Å². The zero-order chi connectivity index (χ0) is 15.4. The molecule has 1 fully saturated rings. The third-order valence-electron chi connectivity index (χ3n) is 4.30. The quantitative estimate of drug-likeness (QED) is 0.883. The van der Waals surface area contributed by atoms with Gasteiger partial charge in [-0.3, -0.25) is 4.90 Å². The number of piperidine rings is 1. The molecule has 2 unspecified atom stereocenters. The van der Waals surface area contributed by atoms with Crippen LogP contribution < -0.4 is 5.32 Å². The van der Waals surface area contributed by atoms with Crippen LogP contribution in [0.5, 0.6) is 0 Å². The van der Waals surface area contributed by atoms with Crippen LogP contribution in [0.25, 0.3) is 0 Å². The Bertz CT molecular complexity index is 448. The monoisotopic (exact) mass is 296 g/mol. The molecule has 0 radical (unpaired) electrons. The Morgan fingerprint density at radius 1 is 1.33 bits per heavy atom. The summed E-state index contributed by atoms with van der Waals surface area (Å²) in [6.45, 7) is 6.24. The van der Waals surface area contributed by atoms with Gasteiger partial charge < -0.3 is 5.32 Å². The van der Waals surface area contributed by atoms with Gasteiger partial charge in [0.15, 0.2) is 0 Å². The van der Waals surface area contributed by atoms with Crippen LogP contribution in [-0.2, 0) is 0 Å². The summed E-state index contributed by atoms with van der Waals surface area (Å²) in [5, 5.41) is 3.50. The molecule has 2 nitrogen and oxygen atoms in total. The normalized spacial score (nSPS) is 24.0. The van der Waals surface area contributed by atoms with Crippen LogP contribution in [0.1, 0.15) is 50.3 Å². The molecule has 0 bridgehead atoms. The number of nitrogens with zero attached hydrogens (tertiary/aromatic N) is 1. The summed E-state index contributed by atoms with van der Waals surface area (Å²) in [7, 11) is 2.10. The molecule has 0 aliphatic carbocycles. The van der Waals surface area contributed by atoms with Crippen molar-refractivity contribution in [3.05, 3.63) is 35.4 Å². The average Bonchev–Trinajstić information content (AvgIpc) is 2.45. The molecular weight excluding hydrogens is 270 g/mol. The summed E-state index contributed by atoms with van der Waals surface area (Å²) in [6.07, 6.45) is -0.0781. The molecule has 1 saturated heterocycles. The summed E-state index contributed by atoms with van der Waals surface area (Å²) < 4.78 is 25.9. The standard InChI is InChI=1S/C17H26F2N2/c1-12(2)20-11-15-8-5-9-21(3)16(15)13-6-4-7-14(10-13)17(18)19/h4,6-7,10,12,15-17,20H,5,8-9,11H2,1-3H3. The second-order valence-electron chi connectivity index (χ2n) is 6.36. The minimum atomic E-state index is -2.40. The third kappa shape index (κ3) is 4.24. The molecule has 1 heterocycles. The first-order chi connectivity index (χ1) is 9.99. The first-order valence-corrected chi connectivity index (χ1v) is 7.80. The summed E-state index contributed by atoms with van der Waals surface area (Å²) in [5.74, 6) is 0.471. The van der Waals surface area contributed by atoms with E-state index in [1.165, 1.54) is 12.5 Å². The molecule has 1 aliphatic rings. The van der Waals surface area contributed by atoms with Gasteiger partial charge in [-0.2, -0.15) is 0 Å². The lowest BCUT2D eigenvalue weighted by Crippen LogP contribution is -2.41. The molecule has 1 N–H and O–H groups in total. The number of halogens is 2. The Kier molecular flexibility index (Phi) is 5.71. The van der Waals surface area contributed by atoms with Gasteiger partial charge in [-0.05, 0) is 44.0 Å². The van der Waals surface area contributed by atoms with E-state index in [0.717, 1.165) is 25.1 Å². The molecule has 0 aromatic heterocycles. The minimum absolute atomic E-state index is 0.127. The van der Waals surface area contributed by atoms with Gasteiger partial charge in [-0.15, -0.1) is 0 Å². The Morgan fingerprint density at radius 2 is 2.10 bits per heavy atom. The second kappa shape index (κ2) is 7.32. The Balaban J connectivity index is 2.20. The number of hydrogen-bond acceptors (Lipinski definition) is 2. The third-order valence-corrected chi connectivity index (χ3v) is 4.30. The molecule has 1 aliphatic heterocycles. The van der Waals surface area contributed by atoms with Gasteiger partial charge >= 0.3 is 0 Å². The topological polar surface area (TPSA) is 15.3 Å². The van der Waals surface area contributed by atoms with Crippen LogP contribution in [0.4, 0.5) is 8.78 Å². The first-order valence-electron chi connectivity index (χ1n) is 7.80. The van der Waals surface area contributed by atoms with Crippen LogP contribution in [0, 0.1) is 5.92 Å². The lowest BCUT2D eigenvalue weighted by Gasteiger charge is -2.40. The molecule has 0 spiro atoms. The van der Waals surface area contributed by atoms with Crippen molar-refractivity contribution in [3.63, 3.8) is 0 Å². The highest BCUT2D eigenvalue weighted by Crippen LogP contribution is 2.36. The van der Waals surface area contributed by atoms with Crippen molar-refractivity contribution in [1.82, 2.24) is 10.2 Å². The van der Waals surface area contributed by atoms with Crippen LogP contribution in [0.15, 0.2) is 24.3 Å². The predicted octanol–water partition coefficient (Wildman–Crippen LogP) is 4.01. The first kappa shape index (κ1) is 16.4. The molecular formula is C17H26F2N2. The van der Waals surface area contributed by atoms with E-state index in [1.54, 1.807) is 12.1 Å². The fourth-order valence-electron chi connectivity index (χ4n) is 3.27. The average molecular weight is 296 g/mol. The summed E-state index contributed by atoms with van der Waals surface area (Å²) >= 11 is 0. The van der Waals surface area contributed by atoms with Crippen molar-refractivity contribution in [2.45, 2.75) is 45.2 Å². The molecule has 1 aromatic rings. The number of likely N-dealkylation sites (tertiary alicyclic amines) is 1. The van der Waals surface area contributed by atoms with Gasteiger partial charge in [0.2, 0.25) is 0 Å². The lowest BCUT2D eigenvalue weighted by molar-refractivity contribution is 0.117. The molecule has 1 aromatic carbocycles. The molecule has 0 amide bonds. The molecule has 21 heavy (non-hydrogen) atoms. The maximum Gasteiger partial charge on any atom is 0.263 e. The number of alkyl halides is 2. The van der Waals surface area contributed by atoms with Crippen LogP contribution >= 0.6 is 0 Å². The second-order valence-corrected chi connectivity index (χ2v) is 6.36. The van der Waals surface area contributed by atoms with Gasteiger partial charge in [-0.25, -0.2) is 8.78 Å². The molecule has 4 heteroatoms. The number of hydrogen-bond donors (Lipinski definition) is 1. The SMILES string of the molecule is CC(C)NCC1CCCN(C)C1c1cccc(C(F)F)c1. The van der Waals surface area contributed by atoms with E-state index >= 15 is 0 Å². The van der Waals surface area contributed by atoms with Crippen molar-refractivity contribution < 1.29 is 8.78 Å². The van der Waals surface area contributed by atoms with E-state index in [2.05, 4.69) is 31.1 Å². The van der Waals surface area contributed by atoms with E-state index in [4.69, 9.17) is 0 Å². The van der Waals surface area contributed by atoms with E-state index in [-0.39, 0.29) is 11.6 Å². The fourth-order valence-corrected chi connectivity index (χ4v) is 3.27. The maximum absolute atomic E-state index is 12.9. The van der Waals surface area contributed by atoms with E-state index in [0.29, 0.717) is 12.0 Å². The number of benzene rings is 1. The highest BCUT2D eigenvalue weighted by atomic mass is 19.3. The fraction of sp³-hybridized carbons (Fsp3) is 0.647. The van der Waals surface area contributed by atoms with E-state index < -0.39 is 6.43 Å². The van der Waals surface area contributed by atoms with Crippen LogP contribution in [0.2, 0.25) is 0 Å². The molecule has 0 saturated carbocycles. The van der Waals surface area contributed by atoms with Crippen molar-refractivity contribution in [2.75, 3.05) is 20.1 Å². The molecule has 2 atom stereocenters. The van der Waals surface area contributed by atoms with Crippen molar-refractivity contribution in [3.8, 4) is 0 Å². The Hall–Kier alpha value is -1.00. The lowest BCUT2D eigenvalue weighted by atomic mass is 9.84. The van der Waals surface area contributed by atoms with Crippen molar-refractivity contribution >= 4 is 0 Å². The zero-order valence-corrected chi connectivity index (χ0v) is 13.2. The number of rotatable bonds is 5. The summed E-state index contributed by atoms with van der Waals surface area (Å²) in [4.78, 5) is 2.31. The maximum atomic E-state index is 12.9. The van der Waals surface area contributed by atoms with Gasteiger partial charge in [0, 0.05) is 24.2 Å². The highest BCUT2D eigenvalue weighted by Gasteiger charge is 2.30. The van der Waals surface area contributed by atoms with Crippen LogP contribution in [-0.4, -0.2) is 31.1 Å². The summed E-state index contributed by atoms with van der Waals surface area (Å²) in [5.41, 5.74) is 1.15. The van der Waals surface area contributed by atoms with Gasteiger partial charge in [0.25, 0.3) is 6.43 Å². The van der Waals surface area contributed by atoms with Gasteiger partial charge in [0.1, 0.15) is 0 Å². The zero-order valence-electron chi connectivity index (χ0n) is 13.2. The minimum Gasteiger partial charge on any atom is -0.314 e.